The number of anilines is 1. The van der Waals surface area contributed by atoms with Crippen molar-refractivity contribution in [3.8, 4) is 0 Å². The van der Waals surface area contributed by atoms with E-state index in [1.165, 1.54) is 12.1 Å². The molecule has 1 heterocycles. The number of benzene rings is 2. The summed E-state index contributed by atoms with van der Waals surface area (Å²) in [5.74, 6) is -6.64. The van der Waals surface area contributed by atoms with Gasteiger partial charge in [-0.05, 0) is 55.7 Å². The molecule has 8 nitrogen and oxygen atoms in total. The number of ether oxygens (including phenoxy) is 1. The SMILES string of the molecule is O=C(CC1(O)C2CC1CC(S(=O)(=O)c1cc(C(=O)Nc3cc(F)c(F)c(F)c3)ccc1Cl)C2)N[C@H]1CCOC1. The number of hydrogen-bond donors (Lipinski definition) is 3. The lowest BCUT2D eigenvalue weighted by Crippen LogP contribution is -2.63. The smallest absolute Gasteiger partial charge is 0.255 e. The van der Waals surface area contributed by atoms with Gasteiger partial charge in [-0.3, -0.25) is 9.59 Å². The van der Waals surface area contributed by atoms with Gasteiger partial charge in [0, 0.05) is 30.0 Å². The lowest BCUT2D eigenvalue weighted by molar-refractivity contribution is -0.184. The van der Waals surface area contributed by atoms with Crippen molar-refractivity contribution in [1.82, 2.24) is 5.32 Å². The van der Waals surface area contributed by atoms with Gasteiger partial charge in [0.2, 0.25) is 5.91 Å². The van der Waals surface area contributed by atoms with Crippen molar-refractivity contribution in [2.75, 3.05) is 18.5 Å². The Morgan fingerprint density at radius 1 is 1.08 bits per heavy atom. The minimum atomic E-state index is -4.05. The van der Waals surface area contributed by atoms with Crippen LogP contribution in [0.15, 0.2) is 35.2 Å². The van der Waals surface area contributed by atoms with E-state index in [9.17, 15) is 36.3 Å². The summed E-state index contributed by atoms with van der Waals surface area (Å²) in [5.41, 5.74) is -1.79. The minimum Gasteiger partial charge on any atom is -0.389 e. The van der Waals surface area contributed by atoms with Gasteiger partial charge < -0.3 is 20.5 Å². The largest absolute Gasteiger partial charge is 0.389 e. The maximum Gasteiger partial charge on any atom is 0.255 e. The third kappa shape index (κ3) is 5.27. The number of amides is 2. The predicted molar refractivity (Wildman–Crippen MR) is 134 cm³/mol. The molecule has 3 aliphatic carbocycles. The summed E-state index contributed by atoms with van der Waals surface area (Å²) in [4.78, 5) is 24.9. The first kappa shape index (κ1) is 27.9. The molecule has 0 spiro atoms. The maximum atomic E-state index is 13.6. The lowest BCUT2D eigenvalue weighted by Gasteiger charge is -2.58. The average molecular weight is 587 g/mol. The molecule has 0 aromatic heterocycles. The Morgan fingerprint density at radius 2 is 1.74 bits per heavy atom. The number of halogens is 4. The third-order valence-corrected chi connectivity index (χ3v) is 10.7. The number of rotatable bonds is 7. The molecule has 210 valence electrons. The zero-order valence-electron chi connectivity index (χ0n) is 20.6. The van der Waals surface area contributed by atoms with Crippen LogP contribution in [0.4, 0.5) is 18.9 Å². The first-order valence-corrected chi connectivity index (χ1v) is 14.4. The molecule has 39 heavy (non-hydrogen) atoms. The van der Waals surface area contributed by atoms with E-state index in [2.05, 4.69) is 10.6 Å². The van der Waals surface area contributed by atoms with E-state index in [0.717, 1.165) is 6.07 Å². The molecule has 2 unspecified atom stereocenters. The van der Waals surface area contributed by atoms with E-state index >= 15 is 0 Å². The molecule has 4 aliphatic rings. The minimum absolute atomic E-state index is 0.0955. The number of aliphatic hydroxyl groups is 1. The number of carbonyl (C=O) groups excluding carboxylic acids is 2. The van der Waals surface area contributed by atoms with Crippen LogP contribution in [-0.2, 0) is 19.4 Å². The van der Waals surface area contributed by atoms with Crippen LogP contribution < -0.4 is 10.6 Å². The van der Waals surface area contributed by atoms with Crippen LogP contribution in [-0.4, -0.2) is 55.4 Å². The predicted octanol–water partition coefficient (Wildman–Crippen LogP) is 3.61. The number of fused-ring (bicyclic) bond motifs is 2. The van der Waals surface area contributed by atoms with Crippen molar-refractivity contribution in [3.05, 3.63) is 58.4 Å². The highest BCUT2D eigenvalue weighted by Crippen LogP contribution is 2.57. The molecule has 1 aliphatic heterocycles. The highest BCUT2D eigenvalue weighted by molar-refractivity contribution is 7.92. The van der Waals surface area contributed by atoms with Gasteiger partial charge >= 0.3 is 0 Å². The first-order chi connectivity index (χ1) is 18.4. The highest BCUT2D eigenvalue weighted by atomic mass is 35.5. The summed E-state index contributed by atoms with van der Waals surface area (Å²) in [6, 6.07) is 4.65. The molecular formula is C26H26ClF3N2O6S. The average Bonchev–Trinajstić information content (AvgIpc) is 3.40. The monoisotopic (exact) mass is 586 g/mol. The number of carbonyl (C=O) groups is 2. The molecule has 3 atom stereocenters. The lowest BCUT2D eigenvalue weighted by atomic mass is 9.52. The molecule has 1 saturated heterocycles. The van der Waals surface area contributed by atoms with E-state index in [1.54, 1.807) is 0 Å². The van der Waals surface area contributed by atoms with Crippen LogP contribution in [0.1, 0.15) is 42.5 Å². The number of nitrogens with one attached hydrogen (secondary N) is 2. The Labute approximate surface area is 227 Å². The van der Waals surface area contributed by atoms with Crippen molar-refractivity contribution >= 4 is 38.9 Å². The van der Waals surface area contributed by atoms with Crippen molar-refractivity contribution < 1.29 is 41.0 Å². The second-order valence-electron chi connectivity index (χ2n) is 10.4. The molecular weight excluding hydrogens is 561 g/mol. The first-order valence-electron chi connectivity index (χ1n) is 12.5. The fourth-order valence-corrected chi connectivity index (χ4v) is 8.26. The van der Waals surface area contributed by atoms with Crippen LogP contribution in [0.25, 0.3) is 0 Å². The molecule has 6 rings (SSSR count). The van der Waals surface area contributed by atoms with E-state index in [0.29, 0.717) is 38.2 Å². The van der Waals surface area contributed by atoms with Crippen molar-refractivity contribution in [1.29, 1.82) is 0 Å². The quantitative estimate of drug-likeness (QED) is 0.426. The van der Waals surface area contributed by atoms with Crippen LogP contribution in [0.2, 0.25) is 5.02 Å². The van der Waals surface area contributed by atoms with Gasteiger partial charge in [0.1, 0.15) is 0 Å². The van der Waals surface area contributed by atoms with Gasteiger partial charge in [-0.15, -0.1) is 0 Å². The molecule has 2 bridgehead atoms. The second-order valence-corrected chi connectivity index (χ2v) is 13.0. The zero-order chi connectivity index (χ0) is 28.1. The van der Waals surface area contributed by atoms with Crippen molar-refractivity contribution in [2.45, 2.75) is 53.9 Å². The molecule has 3 N–H and O–H groups in total. The number of sulfone groups is 1. The second kappa shape index (κ2) is 10.4. The molecule has 4 fully saturated rings. The summed E-state index contributed by atoms with van der Waals surface area (Å²) in [6.45, 7) is 0.988. The van der Waals surface area contributed by atoms with Crippen LogP contribution >= 0.6 is 11.6 Å². The Kier molecular flexibility index (Phi) is 7.42. The zero-order valence-corrected chi connectivity index (χ0v) is 22.1. The van der Waals surface area contributed by atoms with Gasteiger partial charge in [0.05, 0.1) is 39.8 Å². The maximum absolute atomic E-state index is 13.6. The Morgan fingerprint density at radius 3 is 2.36 bits per heavy atom. The topological polar surface area (TPSA) is 122 Å². The van der Waals surface area contributed by atoms with Gasteiger partial charge in [-0.25, -0.2) is 21.6 Å². The Hall–Kier alpha value is -2.67. The fraction of sp³-hybridized carbons (Fsp3) is 0.462. The Balaban J connectivity index is 1.29. The Bertz CT molecular complexity index is 1400. The van der Waals surface area contributed by atoms with E-state index in [1.807, 2.05) is 0 Å². The molecule has 2 amide bonds. The van der Waals surface area contributed by atoms with Gasteiger partial charge in [0.25, 0.3) is 5.91 Å². The molecule has 13 heteroatoms. The van der Waals surface area contributed by atoms with Crippen LogP contribution in [0.5, 0.6) is 0 Å². The molecule has 0 radical (unpaired) electrons. The molecule has 3 saturated carbocycles. The summed E-state index contributed by atoms with van der Waals surface area (Å²) >= 11 is 6.21. The highest BCUT2D eigenvalue weighted by Gasteiger charge is 2.60. The van der Waals surface area contributed by atoms with Gasteiger partial charge in [-0.1, -0.05) is 11.6 Å². The number of hydrogen-bond acceptors (Lipinski definition) is 6. The standard InChI is InChI=1S/C26H26ClF3N2O6S/c27-19-2-1-13(25(34)32-17-9-20(28)24(30)21(29)10-17)5-22(19)39(36,37)18-7-14-6-15(8-18)26(14,35)11-23(33)31-16-3-4-38-12-16/h1-2,5,9-10,14-16,18,35H,3-4,6-8,11-12H2,(H,31,33)(H,32,34)/t14?,15?,16-,18?,26?/m0/s1. The summed E-state index contributed by atoms with van der Waals surface area (Å²) in [6.07, 6.45) is 1.43. The van der Waals surface area contributed by atoms with E-state index < -0.39 is 55.9 Å². The van der Waals surface area contributed by atoms with Crippen molar-refractivity contribution in [3.63, 3.8) is 0 Å². The summed E-state index contributed by atoms with van der Waals surface area (Å²) in [7, 11) is -4.05. The van der Waals surface area contributed by atoms with Gasteiger partial charge in [-0.2, -0.15) is 0 Å². The van der Waals surface area contributed by atoms with E-state index in [4.69, 9.17) is 16.3 Å². The summed E-state index contributed by atoms with van der Waals surface area (Å²) in [5, 5.41) is 15.3. The fourth-order valence-electron chi connectivity index (χ4n) is 5.86. The van der Waals surface area contributed by atoms with Crippen LogP contribution in [0, 0.1) is 29.3 Å². The van der Waals surface area contributed by atoms with Crippen molar-refractivity contribution in [2.24, 2.45) is 11.8 Å². The van der Waals surface area contributed by atoms with Crippen LogP contribution in [0.3, 0.4) is 0 Å². The molecule has 2 aromatic carbocycles. The normalized spacial score (nSPS) is 28.0. The van der Waals surface area contributed by atoms with E-state index in [-0.39, 0.29) is 52.4 Å². The molecule has 2 aromatic rings. The van der Waals surface area contributed by atoms with Gasteiger partial charge in [0.15, 0.2) is 27.3 Å². The summed E-state index contributed by atoms with van der Waals surface area (Å²) < 4.78 is 72.6. The third-order valence-electron chi connectivity index (χ3n) is 8.00.